The lowest BCUT2D eigenvalue weighted by atomic mass is 9.86. The molecule has 1 aliphatic carbocycles. The summed E-state index contributed by atoms with van der Waals surface area (Å²) in [6, 6.07) is 8.59. The number of fused-ring (bicyclic) bond motifs is 1. The third kappa shape index (κ3) is 4.80. The second-order valence-corrected chi connectivity index (χ2v) is 9.63. The Hall–Kier alpha value is -3.26. The first-order valence-corrected chi connectivity index (χ1v) is 12.5. The molecule has 1 fully saturated rings. The monoisotopic (exact) mass is 477 g/mol. The number of carbonyl (C=O) groups is 2. The van der Waals surface area contributed by atoms with Gasteiger partial charge < -0.3 is 15.7 Å². The molecule has 186 valence electrons. The van der Waals surface area contributed by atoms with Crippen LogP contribution in [-0.4, -0.2) is 44.4 Å². The molecule has 35 heavy (non-hydrogen) atoms. The Balaban J connectivity index is 1.57. The first-order valence-electron chi connectivity index (χ1n) is 12.5. The van der Waals surface area contributed by atoms with E-state index in [1.807, 2.05) is 45.0 Å². The average molecular weight is 478 g/mol. The zero-order valence-corrected chi connectivity index (χ0v) is 20.7. The van der Waals surface area contributed by atoms with Crippen molar-refractivity contribution in [2.24, 2.45) is 0 Å². The SMILES string of the molecule is CCCC(c1cncc(C(=O)N[C@@H]2c3ccccc3C[C@H]2O)c1)N1C(=N)NC(CC)(CC)CC1=O. The molecular formula is C27H35N5O3. The Labute approximate surface area is 206 Å². The molecule has 0 radical (unpaired) electrons. The molecule has 4 N–H and O–H groups in total. The lowest BCUT2D eigenvalue weighted by molar-refractivity contribution is -0.132. The summed E-state index contributed by atoms with van der Waals surface area (Å²) in [5, 5.41) is 25.4. The highest BCUT2D eigenvalue weighted by Gasteiger charge is 2.42. The third-order valence-corrected chi connectivity index (χ3v) is 7.51. The molecule has 0 saturated carbocycles. The summed E-state index contributed by atoms with van der Waals surface area (Å²) in [5.74, 6) is -0.315. The van der Waals surface area contributed by atoms with Gasteiger partial charge in [0.25, 0.3) is 5.91 Å². The molecule has 1 aromatic heterocycles. The van der Waals surface area contributed by atoms with Gasteiger partial charge in [0.2, 0.25) is 5.91 Å². The van der Waals surface area contributed by atoms with Crippen LogP contribution in [0.25, 0.3) is 0 Å². The lowest BCUT2D eigenvalue weighted by Gasteiger charge is -2.44. The van der Waals surface area contributed by atoms with Crippen molar-refractivity contribution in [3.8, 4) is 0 Å². The molecule has 1 saturated heterocycles. The molecule has 2 aromatic rings. The molecule has 1 aromatic carbocycles. The van der Waals surface area contributed by atoms with E-state index in [0.29, 0.717) is 30.4 Å². The number of pyridine rings is 1. The molecule has 4 rings (SSSR count). The largest absolute Gasteiger partial charge is 0.390 e. The smallest absolute Gasteiger partial charge is 0.253 e. The Morgan fingerprint density at radius 3 is 2.71 bits per heavy atom. The highest BCUT2D eigenvalue weighted by atomic mass is 16.3. The van der Waals surface area contributed by atoms with Gasteiger partial charge in [0, 0.05) is 24.4 Å². The van der Waals surface area contributed by atoms with Crippen molar-refractivity contribution in [3.63, 3.8) is 0 Å². The Morgan fingerprint density at radius 2 is 2.03 bits per heavy atom. The van der Waals surface area contributed by atoms with Crippen molar-refractivity contribution in [2.45, 2.75) is 83.0 Å². The molecule has 0 bridgehead atoms. The van der Waals surface area contributed by atoms with Gasteiger partial charge in [0.1, 0.15) is 0 Å². The molecule has 8 heteroatoms. The fraction of sp³-hybridized carbons (Fsp3) is 0.481. The van der Waals surface area contributed by atoms with Gasteiger partial charge in [-0.2, -0.15) is 0 Å². The number of rotatable bonds is 8. The van der Waals surface area contributed by atoms with Crippen LogP contribution in [-0.2, 0) is 11.2 Å². The van der Waals surface area contributed by atoms with E-state index in [4.69, 9.17) is 5.41 Å². The highest BCUT2D eigenvalue weighted by Crippen LogP contribution is 2.34. The van der Waals surface area contributed by atoms with E-state index in [0.717, 1.165) is 30.4 Å². The van der Waals surface area contributed by atoms with Gasteiger partial charge >= 0.3 is 0 Å². The van der Waals surface area contributed by atoms with Gasteiger partial charge in [-0.05, 0) is 42.0 Å². The number of benzene rings is 1. The second-order valence-electron chi connectivity index (χ2n) is 9.63. The summed E-state index contributed by atoms with van der Waals surface area (Å²) < 4.78 is 0. The van der Waals surface area contributed by atoms with E-state index in [1.54, 1.807) is 12.3 Å². The molecule has 3 atom stereocenters. The summed E-state index contributed by atoms with van der Waals surface area (Å²) in [6.07, 6.45) is 6.27. The number of amides is 2. The molecule has 1 unspecified atom stereocenters. The Morgan fingerprint density at radius 1 is 1.29 bits per heavy atom. The first kappa shape index (κ1) is 24.9. The molecule has 8 nitrogen and oxygen atoms in total. The zero-order chi connectivity index (χ0) is 25.2. The number of nitrogens with zero attached hydrogens (tertiary/aromatic N) is 2. The summed E-state index contributed by atoms with van der Waals surface area (Å²) in [4.78, 5) is 32.2. The number of aliphatic hydroxyl groups excluding tert-OH is 1. The second kappa shape index (κ2) is 10.2. The third-order valence-electron chi connectivity index (χ3n) is 7.51. The van der Waals surface area contributed by atoms with Crippen LogP contribution >= 0.6 is 0 Å². The topological polar surface area (TPSA) is 118 Å². The van der Waals surface area contributed by atoms with Crippen LogP contribution in [0, 0.1) is 5.41 Å². The summed E-state index contributed by atoms with van der Waals surface area (Å²) >= 11 is 0. The normalized spacial score (nSPS) is 21.9. The molecule has 0 spiro atoms. The minimum atomic E-state index is -0.685. The maximum atomic E-state index is 13.2. The predicted molar refractivity (Wildman–Crippen MR) is 134 cm³/mol. The standard InChI is InChI=1S/C27H35N5O3/c1-4-9-21(32-23(34)14-27(5-2,6-3)31-26(32)28)18-12-19(16-29-15-18)25(35)30-24-20-11-8-7-10-17(20)13-22(24)33/h7-8,10-12,15-16,21-22,24,33H,4-6,9,13-14H2,1-3H3,(H2,28,31)(H,30,35)/t21?,22-,24-/m1/s1. The van der Waals surface area contributed by atoms with Crippen molar-refractivity contribution >= 4 is 17.8 Å². The van der Waals surface area contributed by atoms with Gasteiger partial charge in [-0.1, -0.05) is 51.5 Å². The molecule has 2 heterocycles. The van der Waals surface area contributed by atoms with Crippen molar-refractivity contribution < 1.29 is 14.7 Å². The van der Waals surface area contributed by atoms with Gasteiger partial charge in [0.15, 0.2) is 5.96 Å². The summed E-state index contributed by atoms with van der Waals surface area (Å²) in [6.45, 7) is 6.09. The minimum absolute atomic E-state index is 0.0866. The first-order chi connectivity index (χ1) is 16.8. The van der Waals surface area contributed by atoms with E-state index in [1.165, 1.54) is 11.1 Å². The number of nitrogens with one attached hydrogen (secondary N) is 3. The van der Waals surface area contributed by atoms with Crippen LogP contribution in [0.1, 0.15) is 92.0 Å². The molecule has 1 aliphatic heterocycles. The highest BCUT2D eigenvalue weighted by molar-refractivity contribution is 6.00. The van der Waals surface area contributed by atoms with Crippen LogP contribution in [0.3, 0.4) is 0 Å². The fourth-order valence-corrected chi connectivity index (χ4v) is 5.32. The number of hydrogen-bond donors (Lipinski definition) is 4. The van der Waals surface area contributed by atoms with Crippen LogP contribution in [0.2, 0.25) is 0 Å². The van der Waals surface area contributed by atoms with Crippen molar-refractivity contribution in [1.29, 1.82) is 5.41 Å². The molecule has 2 amide bonds. The maximum absolute atomic E-state index is 13.2. The van der Waals surface area contributed by atoms with Crippen LogP contribution in [0.4, 0.5) is 0 Å². The van der Waals surface area contributed by atoms with E-state index in [2.05, 4.69) is 15.6 Å². The lowest BCUT2D eigenvalue weighted by Crippen LogP contribution is -2.62. The Kier molecular flexibility index (Phi) is 7.21. The van der Waals surface area contributed by atoms with Gasteiger partial charge in [-0.15, -0.1) is 0 Å². The average Bonchev–Trinajstić information content (AvgIpc) is 3.17. The van der Waals surface area contributed by atoms with E-state index in [-0.39, 0.29) is 23.3 Å². The van der Waals surface area contributed by atoms with E-state index < -0.39 is 18.2 Å². The maximum Gasteiger partial charge on any atom is 0.253 e. The number of hydrogen-bond acceptors (Lipinski definition) is 5. The van der Waals surface area contributed by atoms with Crippen LogP contribution in [0.15, 0.2) is 42.7 Å². The number of guanidine groups is 1. The number of carbonyl (C=O) groups excluding carboxylic acids is 2. The Bertz CT molecular complexity index is 1090. The fourth-order valence-electron chi connectivity index (χ4n) is 5.32. The van der Waals surface area contributed by atoms with Crippen molar-refractivity contribution in [2.75, 3.05) is 0 Å². The van der Waals surface area contributed by atoms with E-state index in [9.17, 15) is 14.7 Å². The van der Waals surface area contributed by atoms with Crippen LogP contribution in [0.5, 0.6) is 0 Å². The van der Waals surface area contributed by atoms with Gasteiger partial charge in [-0.3, -0.25) is 24.9 Å². The van der Waals surface area contributed by atoms with E-state index >= 15 is 0 Å². The van der Waals surface area contributed by atoms with Crippen LogP contribution < -0.4 is 10.6 Å². The van der Waals surface area contributed by atoms with Gasteiger partial charge in [-0.25, -0.2) is 0 Å². The molecular weight excluding hydrogens is 442 g/mol. The summed E-state index contributed by atoms with van der Waals surface area (Å²) in [5.41, 5.74) is 2.65. The number of aromatic nitrogens is 1. The predicted octanol–water partition coefficient (Wildman–Crippen LogP) is 3.63. The summed E-state index contributed by atoms with van der Waals surface area (Å²) in [7, 11) is 0. The minimum Gasteiger partial charge on any atom is -0.390 e. The zero-order valence-electron chi connectivity index (χ0n) is 20.7. The van der Waals surface area contributed by atoms with Gasteiger partial charge in [0.05, 0.1) is 30.2 Å². The molecule has 2 aliphatic rings. The number of aliphatic hydroxyl groups is 1. The van der Waals surface area contributed by atoms with Crippen molar-refractivity contribution in [3.05, 3.63) is 65.0 Å². The van der Waals surface area contributed by atoms with Crippen molar-refractivity contribution in [1.82, 2.24) is 20.5 Å². The quantitative estimate of drug-likeness (QED) is 0.463.